The summed E-state index contributed by atoms with van der Waals surface area (Å²) in [5.74, 6) is -0.654. The molecule has 0 atom stereocenters. The maximum absolute atomic E-state index is 10.5. The summed E-state index contributed by atoms with van der Waals surface area (Å²) >= 11 is 1.34. The Morgan fingerprint density at radius 3 is 2.47 bits per heavy atom. The molecule has 0 unspecified atom stereocenters. The van der Waals surface area contributed by atoms with Gasteiger partial charge >= 0.3 is 5.97 Å². The number of thioether (sulfide) groups is 1. The lowest BCUT2D eigenvalue weighted by molar-refractivity contribution is 0.0697. The molecule has 78 valence electrons. The predicted octanol–water partition coefficient (Wildman–Crippen LogP) is 2.49. The molecule has 0 saturated heterocycles. The number of carboxylic acid groups (broad SMARTS) is 1. The van der Waals surface area contributed by atoms with Crippen LogP contribution >= 0.6 is 11.8 Å². The van der Waals surface area contributed by atoms with Gasteiger partial charge in [-0.05, 0) is 24.3 Å². The lowest BCUT2D eigenvalue weighted by Crippen LogP contribution is -1.96. The summed E-state index contributed by atoms with van der Waals surface area (Å²) in [5, 5.41) is 18.7. The van der Waals surface area contributed by atoms with Gasteiger partial charge in [-0.25, -0.2) is 10.3 Å². The number of carboxylic acids is 1. The molecule has 0 aliphatic heterocycles. The molecule has 5 nitrogen and oxygen atoms in total. The van der Waals surface area contributed by atoms with Crippen LogP contribution in [0.1, 0.15) is 10.4 Å². The average Bonchev–Trinajstić information content (AvgIpc) is 2.26. The van der Waals surface area contributed by atoms with Crippen LogP contribution in [-0.4, -0.2) is 22.7 Å². The Morgan fingerprint density at radius 1 is 1.40 bits per heavy atom. The molecule has 0 bridgehead atoms. The Hall–Kier alpha value is -1.69. The molecule has 1 aromatic carbocycles. The van der Waals surface area contributed by atoms with Gasteiger partial charge in [-0.1, -0.05) is 0 Å². The van der Waals surface area contributed by atoms with E-state index < -0.39 is 5.97 Å². The summed E-state index contributed by atoms with van der Waals surface area (Å²) in [6.07, 6.45) is 0. The number of hydrogen-bond acceptors (Lipinski definition) is 4. The van der Waals surface area contributed by atoms with Crippen LogP contribution in [0.5, 0.6) is 0 Å². The molecule has 0 saturated carbocycles. The molecule has 1 aromatic rings. The first-order valence-electron chi connectivity index (χ1n) is 4.04. The average molecular weight is 223 g/mol. The highest BCUT2D eigenvalue weighted by Gasteiger charge is 2.02. The predicted molar refractivity (Wildman–Crippen MR) is 57.0 cm³/mol. The molecule has 0 spiro atoms. The highest BCUT2D eigenvalue weighted by Crippen LogP contribution is 2.18. The van der Waals surface area contributed by atoms with Gasteiger partial charge in [0.25, 0.3) is 0 Å². The Morgan fingerprint density at radius 2 is 2.00 bits per heavy atom. The molecule has 6 heteroatoms. The number of carbonyl (C=O) groups is 1. The summed E-state index contributed by atoms with van der Waals surface area (Å²) in [7, 11) is 0. The fourth-order valence-electron chi connectivity index (χ4n) is 0.878. The van der Waals surface area contributed by atoms with Crippen molar-refractivity contribution in [3.8, 4) is 0 Å². The van der Waals surface area contributed by atoms with Gasteiger partial charge in [-0.15, -0.1) is 16.9 Å². The first-order chi connectivity index (χ1) is 7.13. The maximum Gasteiger partial charge on any atom is 0.335 e. The van der Waals surface area contributed by atoms with Crippen LogP contribution in [0.25, 0.3) is 0 Å². The standard InChI is InChI=1S/C9H9N3O2S/c10-8(12-11)5-15-7-3-1-6(2-4-7)9(13)14/h1-4,10-11H,5H2,(H,13,14). The van der Waals surface area contributed by atoms with Gasteiger partial charge in [-0.2, -0.15) is 0 Å². The first-order valence-corrected chi connectivity index (χ1v) is 5.03. The third kappa shape index (κ3) is 3.51. The lowest BCUT2D eigenvalue weighted by atomic mass is 10.2. The van der Waals surface area contributed by atoms with Crippen LogP contribution in [-0.2, 0) is 0 Å². The van der Waals surface area contributed by atoms with Crippen LogP contribution in [0.4, 0.5) is 0 Å². The number of aromatic carboxylic acids is 1. The second-order valence-corrected chi connectivity index (χ2v) is 3.73. The second kappa shape index (κ2) is 5.26. The number of amidine groups is 1. The van der Waals surface area contributed by atoms with Gasteiger partial charge in [0.05, 0.1) is 11.3 Å². The van der Waals surface area contributed by atoms with Gasteiger partial charge in [0.1, 0.15) is 0 Å². The van der Waals surface area contributed by atoms with E-state index in [-0.39, 0.29) is 11.4 Å². The minimum atomic E-state index is -0.958. The summed E-state index contributed by atoms with van der Waals surface area (Å²) in [5.41, 5.74) is 6.81. The molecule has 0 heterocycles. The SMILES string of the molecule is N=NC(=N)CSc1ccc(C(=O)O)cc1. The van der Waals surface area contributed by atoms with Gasteiger partial charge in [0.2, 0.25) is 0 Å². The van der Waals surface area contributed by atoms with E-state index in [0.29, 0.717) is 5.75 Å². The van der Waals surface area contributed by atoms with Crippen molar-refractivity contribution in [3.63, 3.8) is 0 Å². The van der Waals surface area contributed by atoms with Crippen molar-refractivity contribution < 1.29 is 9.90 Å². The molecular formula is C9H9N3O2S. The number of nitrogens with zero attached hydrogens (tertiary/aromatic N) is 1. The van der Waals surface area contributed by atoms with E-state index in [0.717, 1.165) is 4.90 Å². The van der Waals surface area contributed by atoms with E-state index in [1.807, 2.05) is 0 Å². The fraction of sp³-hybridized carbons (Fsp3) is 0.111. The van der Waals surface area contributed by atoms with E-state index >= 15 is 0 Å². The number of benzene rings is 1. The Labute approximate surface area is 90.5 Å². The molecule has 3 N–H and O–H groups in total. The zero-order valence-corrected chi connectivity index (χ0v) is 8.54. The maximum atomic E-state index is 10.5. The summed E-state index contributed by atoms with van der Waals surface area (Å²) < 4.78 is 0. The quantitative estimate of drug-likeness (QED) is 0.316. The largest absolute Gasteiger partial charge is 0.478 e. The van der Waals surface area contributed by atoms with Crippen LogP contribution in [0.15, 0.2) is 34.3 Å². The Kier molecular flexibility index (Phi) is 3.99. The zero-order valence-electron chi connectivity index (χ0n) is 7.73. The highest BCUT2D eigenvalue weighted by atomic mass is 32.2. The molecule has 15 heavy (non-hydrogen) atoms. The van der Waals surface area contributed by atoms with Gasteiger partial charge < -0.3 is 5.11 Å². The zero-order chi connectivity index (χ0) is 11.3. The van der Waals surface area contributed by atoms with Gasteiger partial charge in [0.15, 0.2) is 5.84 Å². The van der Waals surface area contributed by atoms with Crippen LogP contribution < -0.4 is 0 Å². The molecule has 0 aliphatic carbocycles. The summed E-state index contributed by atoms with van der Waals surface area (Å²) in [4.78, 5) is 11.4. The van der Waals surface area contributed by atoms with Crippen molar-refractivity contribution in [2.45, 2.75) is 4.90 Å². The van der Waals surface area contributed by atoms with E-state index in [9.17, 15) is 4.79 Å². The van der Waals surface area contributed by atoms with Crippen LogP contribution in [0.3, 0.4) is 0 Å². The number of hydrogen-bond donors (Lipinski definition) is 3. The number of rotatable bonds is 4. The van der Waals surface area contributed by atoms with E-state index in [2.05, 4.69) is 5.11 Å². The third-order valence-electron chi connectivity index (χ3n) is 1.61. The van der Waals surface area contributed by atoms with Gasteiger partial charge in [-0.3, -0.25) is 5.41 Å². The van der Waals surface area contributed by atoms with Crippen molar-refractivity contribution >= 4 is 23.6 Å². The van der Waals surface area contributed by atoms with E-state index in [4.69, 9.17) is 16.0 Å². The Balaban J connectivity index is 2.60. The Bertz CT molecular complexity index is 389. The van der Waals surface area contributed by atoms with Crippen molar-refractivity contribution in [3.05, 3.63) is 29.8 Å². The molecule has 0 amide bonds. The second-order valence-electron chi connectivity index (χ2n) is 2.68. The third-order valence-corrected chi connectivity index (χ3v) is 2.64. The van der Waals surface area contributed by atoms with Crippen molar-refractivity contribution in [2.24, 2.45) is 5.11 Å². The molecule has 0 aliphatic rings. The van der Waals surface area contributed by atoms with E-state index in [1.165, 1.54) is 23.9 Å². The smallest absolute Gasteiger partial charge is 0.335 e. The lowest BCUT2D eigenvalue weighted by Gasteiger charge is -1.99. The normalized spacial score (nSPS) is 9.60. The minimum Gasteiger partial charge on any atom is -0.478 e. The molecule has 0 radical (unpaired) electrons. The van der Waals surface area contributed by atoms with Crippen molar-refractivity contribution in [1.29, 1.82) is 10.9 Å². The fourth-order valence-corrected chi connectivity index (χ4v) is 1.57. The molecule has 1 rings (SSSR count). The first kappa shape index (κ1) is 11.4. The van der Waals surface area contributed by atoms with Crippen molar-refractivity contribution in [1.82, 2.24) is 0 Å². The van der Waals surface area contributed by atoms with Crippen LogP contribution in [0, 0.1) is 10.9 Å². The van der Waals surface area contributed by atoms with Crippen molar-refractivity contribution in [2.75, 3.05) is 5.75 Å². The molecule has 0 aromatic heterocycles. The number of nitrogens with one attached hydrogen (secondary N) is 2. The summed E-state index contributed by atoms with van der Waals surface area (Å²) in [6.45, 7) is 0. The van der Waals surface area contributed by atoms with Gasteiger partial charge in [0, 0.05) is 4.90 Å². The monoisotopic (exact) mass is 223 g/mol. The van der Waals surface area contributed by atoms with Crippen LogP contribution in [0.2, 0.25) is 0 Å². The summed E-state index contributed by atoms with van der Waals surface area (Å²) in [6, 6.07) is 6.36. The molecule has 0 fully saturated rings. The highest BCUT2D eigenvalue weighted by molar-refractivity contribution is 8.00. The molecular weight excluding hydrogens is 214 g/mol. The topological polar surface area (TPSA) is 97.4 Å². The van der Waals surface area contributed by atoms with E-state index in [1.54, 1.807) is 12.1 Å². The minimum absolute atomic E-state index is 0.0117.